The molecule has 0 aliphatic carbocycles. The summed E-state index contributed by atoms with van der Waals surface area (Å²) in [5, 5.41) is 0. The average Bonchev–Trinajstić information content (AvgIpc) is 2.26. The van der Waals surface area contributed by atoms with Crippen molar-refractivity contribution in [2.75, 3.05) is 27.2 Å². The van der Waals surface area contributed by atoms with Crippen molar-refractivity contribution in [3.63, 3.8) is 0 Å². The number of carbonyl (C=O) groups excluding carboxylic acids is 2. The standard InChI is InChI=1S/C9H16ClN3O2/c1-9(2)7(14)13(10)8(15)12(9)6-5-11(3)4/h5-6H2,1-4H3. The first-order valence-electron chi connectivity index (χ1n) is 4.75. The molecule has 0 aromatic heterocycles. The SMILES string of the molecule is CN(C)CCN1C(=O)N(Cl)C(=O)C1(C)C. The van der Waals surface area contributed by atoms with E-state index in [0.29, 0.717) is 17.5 Å². The van der Waals surface area contributed by atoms with Crippen LogP contribution in [0.5, 0.6) is 0 Å². The van der Waals surface area contributed by atoms with Gasteiger partial charge in [-0.3, -0.25) is 4.79 Å². The molecular formula is C9H16ClN3O2. The second-order valence-corrected chi connectivity index (χ2v) is 4.72. The summed E-state index contributed by atoms with van der Waals surface area (Å²) in [6.07, 6.45) is 0. The zero-order valence-electron chi connectivity index (χ0n) is 9.45. The Morgan fingerprint density at radius 2 is 1.87 bits per heavy atom. The minimum atomic E-state index is -0.838. The van der Waals surface area contributed by atoms with Gasteiger partial charge in [-0.05, 0) is 27.9 Å². The quantitative estimate of drug-likeness (QED) is 0.534. The highest BCUT2D eigenvalue weighted by Gasteiger charge is 2.50. The number of hydrogen-bond donors (Lipinski definition) is 0. The molecule has 1 fully saturated rings. The Morgan fingerprint density at radius 1 is 1.33 bits per heavy atom. The normalized spacial score (nSPS) is 20.7. The predicted molar refractivity (Wildman–Crippen MR) is 57.4 cm³/mol. The maximum absolute atomic E-state index is 11.6. The van der Waals surface area contributed by atoms with E-state index in [1.165, 1.54) is 4.90 Å². The molecule has 0 saturated carbocycles. The summed E-state index contributed by atoms with van der Waals surface area (Å²) < 4.78 is 0.662. The molecule has 1 rings (SSSR count). The topological polar surface area (TPSA) is 43.9 Å². The fraction of sp³-hybridized carbons (Fsp3) is 0.778. The van der Waals surface area contributed by atoms with Crippen molar-refractivity contribution >= 4 is 23.7 Å². The lowest BCUT2D eigenvalue weighted by Gasteiger charge is -2.28. The number of urea groups is 1. The lowest BCUT2D eigenvalue weighted by atomic mass is 10.0. The van der Waals surface area contributed by atoms with Gasteiger partial charge in [-0.15, -0.1) is 0 Å². The smallest absolute Gasteiger partial charge is 0.308 e. The lowest BCUT2D eigenvalue weighted by molar-refractivity contribution is -0.128. The maximum atomic E-state index is 11.6. The van der Waals surface area contributed by atoms with Gasteiger partial charge < -0.3 is 9.80 Å². The molecule has 0 atom stereocenters. The molecule has 1 saturated heterocycles. The molecule has 0 spiro atoms. The summed E-state index contributed by atoms with van der Waals surface area (Å²) in [4.78, 5) is 26.7. The van der Waals surface area contributed by atoms with E-state index in [1.54, 1.807) is 13.8 Å². The molecule has 15 heavy (non-hydrogen) atoms. The fourth-order valence-corrected chi connectivity index (χ4v) is 1.76. The van der Waals surface area contributed by atoms with Crippen molar-refractivity contribution in [1.82, 2.24) is 14.2 Å². The second kappa shape index (κ2) is 3.98. The van der Waals surface area contributed by atoms with Gasteiger partial charge >= 0.3 is 6.03 Å². The summed E-state index contributed by atoms with van der Waals surface area (Å²) in [7, 11) is 3.82. The van der Waals surface area contributed by atoms with Crippen molar-refractivity contribution in [3.05, 3.63) is 0 Å². The van der Waals surface area contributed by atoms with Gasteiger partial charge in [0.05, 0.1) is 0 Å². The number of nitrogens with zero attached hydrogens (tertiary/aromatic N) is 3. The van der Waals surface area contributed by atoms with E-state index in [0.717, 1.165) is 0 Å². The molecule has 0 aromatic carbocycles. The Hall–Kier alpha value is -0.810. The van der Waals surface area contributed by atoms with Crippen LogP contribution in [0.2, 0.25) is 0 Å². The number of hydrogen-bond acceptors (Lipinski definition) is 3. The molecule has 0 radical (unpaired) electrons. The molecule has 5 nitrogen and oxygen atoms in total. The number of amides is 3. The Morgan fingerprint density at radius 3 is 2.20 bits per heavy atom. The van der Waals surface area contributed by atoms with Crippen LogP contribution in [-0.2, 0) is 4.79 Å². The van der Waals surface area contributed by atoms with E-state index < -0.39 is 11.6 Å². The van der Waals surface area contributed by atoms with Crippen molar-refractivity contribution in [3.8, 4) is 0 Å². The Labute approximate surface area is 94.7 Å². The highest BCUT2D eigenvalue weighted by atomic mass is 35.5. The third kappa shape index (κ3) is 2.08. The van der Waals surface area contributed by atoms with Crippen molar-refractivity contribution in [1.29, 1.82) is 0 Å². The molecule has 0 bridgehead atoms. The average molecular weight is 234 g/mol. The van der Waals surface area contributed by atoms with E-state index in [9.17, 15) is 9.59 Å². The first-order chi connectivity index (χ1) is 6.78. The maximum Gasteiger partial charge on any atom is 0.342 e. The van der Waals surface area contributed by atoms with Gasteiger partial charge in [-0.2, -0.15) is 4.42 Å². The van der Waals surface area contributed by atoms with Gasteiger partial charge in [0.2, 0.25) is 0 Å². The molecule has 0 N–H and O–H groups in total. The molecular weight excluding hydrogens is 218 g/mol. The first-order valence-corrected chi connectivity index (χ1v) is 5.09. The molecule has 1 aliphatic rings. The number of likely N-dealkylation sites (N-methyl/N-ethyl adjacent to an activating group) is 1. The molecule has 6 heteroatoms. The Bertz CT molecular complexity index is 291. The minimum Gasteiger partial charge on any atom is -0.308 e. The Balaban J connectivity index is 2.79. The molecule has 1 aliphatic heterocycles. The van der Waals surface area contributed by atoms with Crippen LogP contribution in [0, 0.1) is 0 Å². The third-order valence-corrected chi connectivity index (χ3v) is 2.84. The monoisotopic (exact) mass is 233 g/mol. The highest BCUT2D eigenvalue weighted by molar-refractivity contribution is 6.33. The number of halogens is 1. The van der Waals surface area contributed by atoms with E-state index >= 15 is 0 Å². The van der Waals surface area contributed by atoms with Crippen LogP contribution in [0.1, 0.15) is 13.8 Å². The zero-order chi connectivity index (χ0) is 11.8. The lowest BCUT2D eigenvalue weighted by Crippen LogP contribution is -2.46. The summed E-state index contributed by atoms with van der Waals surface area (Å²) in [6, 6.07) is -0.437. The van der Waals surface area contributed by atoms with Crippen molar-refractivity contribution < 1.29 is 9.59 Å². The number of carbonyl (C=O) groups is 2. The zero-order valence-corrected chi connectivity index (χ0v) is 10.2. The van der Waals surface area contributed by atoms with Gasteiger partial charge in [0.25, 0.3) is 5.91 Å². The van der Waals surface area contributed by atoms with E-state index in [-0.39, 0.29) is 5.91 Å². The number of rotatable bonds is 3. The van der Waals surface area contributed by atoms with E-state index in [1.807, 2.05) is 19.0 Å². The van der Waals surface area contributed by atoms with Gasteiger partial charge in [-0.25, -0.2) is 4.79 Å². The predicted octanol–water partition coefficient (Wildman–Crippen LogP) is 0.745. The summed E-state index contributed by atoms with van der Waals surface area (Å²) in [5.74, 6) is -0.368. The van der Waals surface area contributed by atoms with Gasteiger partial charge in [-0.1, -0.05) is 0 Å². The van der Waals surface area contributed by atoms with Crippen LogP contribution in [0.25, 0.3) is 0 Å². The van der Waals surface area contributed by atoms with Crippen LogP contribution in [0.15, 0.2) is 0 Å². The van der Waals surface area contributed by atoms with Crippen LogP contribution in [0.4, 0.5) is 4.79 Å². The highest BCUT2D eigenvalue weighted by Crippen LogP contribution is 2.28. The summed E-state index contributed by atoms with van der Waals surface area (Å²) >= 11 is 5.59. The Kier molecular flexibility index (Phi) is 3.25. The van der Waals surface area contributed by atoms with Crippen molar-refractivity contribution in [2.45, 2.75) is 19.4 Å². The molecule has 1 heterocycles. The largest absolute Gasteiger partial charge is 0.342 e. The summed E-state index contributed by atoms with van der Waals surface area (Å²) in [5.41, 5.74) is -0.838. The molecule has 3 amide bonds. The summed E-state index contributed by atoms with van der Waals surface area (Å²) in [6.45, 7) is 4.59. The van der Waals surface area contributed by atoms with Gasteiger partial charge in [0, 0.05) is 24.9 Å². The van der Waals surface area contributed by atoms with E-state index in [2.05, 4.69) is 0 Å². The fourth-order valence-electron chi connectivity index (χ4n) is 1.46. The van der Waals surface area contributed by atoms with Gasteiger partial charge in [0.15, 0.2) is 0 Å². The van der Waals surface area contributed by atoms with Crippen LogP contribution in [0.3, 0.4) is 0 Å². The first kappa shape index (κ1) is 12.3. The molecule has 0 unspecified atom stereocenters. The van der Waals surface area contributed by atoms with E-state index in [4.69, 9.17) is 11.8 Å². The van der Waals surface area contributed by atoms with Gasteiger partial charge in [0.1, 0.15) is 5.54 Å². The van der Waals surface area contributed by atoms with Crippen molar-refractivity contribution in [2.24, 2.45) is 0 Å². The molecule has 86 valence electrons. The van der Waals surface area contributed by atoms with Crippen LogP contribution in [-0.4, -0.2) is 58.9 Å². The second-order valence-electron chi connectivity index (χ2n) is 4.38. The van der Waals surface area contributed by atoms with Crippen LogP contribution >= 0.6 is 11.8 Å². The molecule has 0 aromatic rings. The number of imide groups is 1. The third-order valence-electron chi connectivity index (χ3n) is 2.55. The minimum absolute atomic E-state index is 0.368. The van der Waals surface area contributed by atoms with Crippen LogP contribution < -0.4 is 0 Å².